The van der Waals surface area contributed by atoms with Crippen molar-refractivity contribution in [2.75, 3.05) is 11.1 Å². The molecule has 0 bridgehead atoms. The van der Waals surface area contributed by atoms with E-state index in [9.17, 15) is 19.3 Å². The number of hydrogen-bond acceptors (Lipinski definition) is 4. The van der Waals surface area contributed by atoms with E-state index in [0.717, 1.165) is 12.1 Å². The van der Waals surface area contributed by atoms with Crippen LogP contribution in [0.15, 0.2) is 40.9 Å². The average molecular weight is 354 g/mol. The minimum absolute atomic E-state index is 0.396. The smallest absolute Gasteiger partial charge is 0.293 e. The number of nitrogens with one attached hydrogen (secondary N) is 1. The fourth-order valence-electron chi connectivity index (χ4n) is 1.72. The van der Waals surface area contributed by atoms with Gasteiger partial charge in [-0.3, -0.25) is 14.9 Å². The van der Waals surface area contributed by atoms with E-state index in [2.05, 4.69) is 21.2 Å². The van der Waals surface area contributed by atoms with E-state index in [1.165, 1.54) is 0 Å². The van der Waals surface area contributed by atoms with E-state index in [1.54, 1.807) is 24.3 Å². The molecule has 0 saturated carbocycles. The van der Waals surface area contributed by atoms with Gasteiger partial charge in [0.25, 0.3) is 11.6 Å². The molecule has 2 aromatic carbocycles. The molecule has 3 N–H and O–H groups in total. The Kier molecular flexibility index (Phi) is 4.18. The quantitative estimate of drug-likeness (QED) is 0.502. The molecule has 0 fully saturated rings. The number of amides is 1. The summed E-state index contributed by atoms with van der Waals surface area (Å²) < 4.78 is 14.4. The van der Waals surface area contributed by atoms with Crippen molar-refractivity contribution in [1.29, 1.82) is 0 Å². The van der Waals surface area contributed by atoms with Crippen molar-refractivity contribution in [1.82, 2.24) is 0 Å². The Morgan fingerprint density at radius 3 is 2.57 bits per heavy atom. The molecular weight excluding hydrogens is 345 g/mol. The molecule has 2 aromatic rings. The molecule has 8 heteroatoms. The number of nitrogens with zero attached hydrogens (tertiary/aromatic N) is 1. The number of benzene rings is 2. The van der Waals surface area contributed by atoms with Crippen LogP contribution in [0.25, 0.3) is 0 Å². The van der Waals surface area contributed by atoms with Gasteiger partial charge in [-0.1, -0.05) is 12.1 Å². The number of anilines is 2. The lowest BCUT2D eigenvalue weighted by atomic mass is 10.1. The van der Waals surface area contributed by atoms with E-state index >= 15 is 0 Å². The summed E-state index contributed by atoms with van der Waals surface area (Å²) in [5, 5.41) is 13.2. The highest BCUT2D eigenvalue weighted by atomic mass is 79.9. The van der Waals surface area contributed by atoms with E-state index in [0.29, 0.717) is 10.2 Å². The zero-order valence-electron chi connectivity index (χ0n) is 10.5. The fourth-order valence-corrected chi connectivity index (χ4v) is 2.10. The molecule has 6 nitrogen and oxygen atoms in total. The van der Waals surface area contributed by atoms with Crippen molar-refractivity contribution in [2.45, 2.75) is 0 Å². The summed E-state index contributed by atoms with van der Waals surface area (Å²) in [4.78, 5) is 22.1. The molecule has 0 aliphatic carbocycles. The van der Waals surface area contributed by atoms with Crippen molar-refractivity contribution in [3.8, 4) is 0 Å². The van der Waals surface area contributed by atoms with Gasteiger partial charge in [-0.15, -0.1) is 0 Å². The van der Waals surface area contributed by atoms with Gasteiger partial charge in [0, 0.05) is 10.5 Å². The predicted octanol–water partition coefficient (Wildman–Crippen LogP) is 3.33. The van der Waals surface area contributed by atoms with Gasteiger partial charge in [-0.2, -0.15) is 0 Å². The number of nitro groups is 1. The van der Waals surface area contributed by atoms with Crippen LogP contribution in [0.4, 0.5) is 21.5 Å². The number of rotatable bonds is 3. The Hall–Kier alpha value is -2.48. The highest BCUT2D eigenvalue weighted by molar-refractivity contribution is 9.10. The average Bonchev–Trinajstić information content (AvgIpc) is 2.41. The number of carbonyl (C=O) groups is 1. The first-order valence-electron chi connectivity index (χ1n) is 5.70. The number of nitrogen functional groups attached to an aromatic ring is 1. The topological polar surface area (TPSA) is 98.3 Å². The first-order chi connectivity index (χ1) is 9.91. The Balaban J connectivity index is 2.42. The Morgan fingerprint density at radius 1 is 1.29 bits per heavy atom. The third kappa shape index (κ3) is 3.00. The lowest BCUT2D eigenvalue weighted by molar-refractivity contribution is -0.384. The summed E-state index contributed by atoms with van der Waals surface area (Å²) in [6.07, 6.45) is 0. The van der Waals surface area contributed by atoms with E-state index in [1.807, 2.05) is 0 Å². The molecule has 0 aliphatic rings. The van der Waals surface area contributed by atoms with Gasteiger partial charge in [0.1, 0.15) is 17.1 Å². The van der Waals surface area contributed by atoms with Gasteiger partial charge < -0.3 is 11.1 Å². The number of para-hydroxylation sites is 1. The van der Waals surface area contributed by atoms with Crippen molar-refractivity contribution < 1.29 is 14.1 Å². The predicted molar refractivity (Wildman–Crippen MR) is 79.6 cm³/mol. The third-order valence-electron chi connectivity index (χ3n) is 2.72. The van der Waals surface area contributed by atoms with E-state index in [-0.39, 0.29) is 0 Å². The van der Waals surface area contributed by atoms with Crippen LogP contribution in [-0.2, 0) is 0 Å². The molecule has 0 unspecified atom stereocenters. The van der Waals surface area contributed by atoms with Crippen LogP contribution in [0.1, 0.15) is 10.4 Å². The van der Waals surface area contributed by atoms with E-state index < -0.39 is 33.6 Å². The standard InChI is InChI=1S/C13H9BrFN3O3/c14-7-3-1-2-4-9(7)17-13(19)11-8(15)5-6-10(12(11)16)18(20)21/h1-6H,16H2,(H,17,19). The van der Waals surface area contributed by atoms with Crippen LogP contribution in [0.3, 0.4) is 0 Å². The third-order valence-corrected chi connectivity index (χ3v) is 3.41. The largest absolute Gasteiger partial charge is 0.392 e. The fraction of sp³-hybridized carbons (Fsp3) is 0. The lowest BCUT2D eigenvalue weighted by Crippen LogP contribution is -2.17. The SMILES string of the molecule is Nc1c([N+](=O)[O-])ccc(F)c1C(=O)Nc1ccccc1Br. The first-order valence-corrected chi connectivity index (χ1v) is 6.49. The zero-order chi connectivity index (χ0) is 15.6. The minimum Gasteiger partial charge on any atom is -0.392 e. The number of nitro benzene ring substituents is 1. The van der Waals surface area contributed by atoms with Crippen LogP contribution in [0, 0.1) is 15.9 Å². The number of hydrogen-bond donors (Lipinski definition) is 2. The summed E-state index contributed by atoms with van der Waals surface area (Å²) in [7, 11) is 0. The Morgan fingerprint density at radius 2 is 1.95 bits per heavy atom. The minimum atomic E-state index is -0.928. The van der Waals surface area contributed by atoms with Crippen molar-refractivity contribution in [2.24, 2.45) is 0 Å². The second-order valence-corrected chi connectivity index (χ2v) is 4.90. The van der Waals surface area contributed by atoms with Gasteiger partial charge in [0.2, 0.25) is 0 Å². The van der Waals surface area contributed by atoms with Gasteiger partial charge in [-0.05, 0) is 34.1 Å². The lowest BCUT2D eigenvalue weighted by Gasteiger charge is -2.10. The van der Waals surface area contributed by atoms with Crippen LogP contribution in [0.2, 0.25) is 0 Å². The molecule has 21 heavy (non-hydrogen) atoms. The molecule has 0 radical (unpaired) electrons. The molecule has 0 saturated heterocycles. The maximum Gasteiger partial charge on any atom is 0.293 e. The van der Waals surface area contributed by atoms with Crippen LogP contribution in [-0.4, -0.2) is 10.8 Å². The molecule has 108 valence electrons. The van der Waals surface area contributed by atoms with Crippen LogP contribution in [0.5, 0.6) is 0 Å². The van der Waals surface area contributed by atoms with Crippen LogP contribution < -0.4 is 11.1 Å². The second kappa shape index (κ2) is 5.88. The Labute approximate surface area is 127 Å². The molecule has 0 aliphatic heterocycles. The highest BCUT2D eigenvalue weighted by Gasteiger charge is 2.24. The Bertz CT molecular complexity index is 737. The summed E-state index contributed by atoms with van der Waals surface area (Å²) in [6.45, 7) is 0. The van der Waals surface area contributed by atoms with Crippen molar-refractivity contribution in [3.05, 3.63) is 62.4 Å². The van der Waals surface area contributed by atoms with Gasteiger partial charge >= 0.3 is 0 Å². The molecule has 2 rings (SSSR count). The summed E-state index contributed by atoms with van der Waals surface area (Å²) >= 11 is 3.22. The molecule has 0 spiro atoms. The number of halogens is 2. The number of nitrogens with two attached hydrogens (primary N) is 1. The van der Waals surface area contributed by atoms with Gasteiger partial charge in [0.15, 0.2) is 0 Å². The molecule has 1 amide bonds. The number of carbonyl (C=O) groups excluding carboxylic acids is 1. The monoisotopic (exact) mass is 353 g/mol. The summed E-state index contributed by atoms with van der Waals surface area (Å²) in [6, 6.07) is 8.44. The normalized spacial score (nSPS) is 10.2. The summed E-state index contributed by atoms with van der Waals surface area (Å²) in [5.41, 5.74) is 4.33. The second-order valence-electron chi connectivity index (χ2n) is 4.05. The maximum atomic E-state index is 13.8. The van der Waals surface area contributed by atoms with Crippen LogP contribution >= 0.6 is 15.9 Å². The molecule has 0 atom stereocenters. The highest BCUT2D eigenvalue weighted by Crippen LogP contribution is 2.29. The van der Waals surface area contributed by atoms with Gasteiger partial charge in [-0.25, -0.2) is 4.39 Å². The van der Waals surface area contributed by atoms with E-state index in [4.69, 9.17) is 5.73 Å². The zero-order valence-corrected chi connectivity index (χ0v) is 12.1. The molecular formula is C13H9BrFN3O3. The molecule has 0 heterocycles. The van der Waals surface area contributed by atoms with Crippen molar-refractivity contribution in [3.63, 3.8) is 0 Å². The first kappa shape index (κ1) is 14.9. The molecule has 0 aromatic heterocycles. The maximum absolute atomic E-state index is 13.8. The van der Waals surface area contributed by atoms with Crippen molar-refractivity contribution >= 4 is 38.9 Å². The summed E-state index contributed by atoms with van der Waals surface area (Å²) in [5.74, 6) is -1.79. The van der Waals surface area contributed by atoms with Gasteiger partial charge in [0.05, 0.1) is 10.6 Å².